The van der Waals surface area contributed by atoms with Crippen LogP contribution in [0.5, 0.6) is 5.75 Å². The highest BCUT2D eigenvalue weighted by Crippen LogP contribution is 2.19. The van der Waals surface area contributed by atoms with Gasteiger partial charge in [0.05, 0.1) is 6.20 Å². The molecule has 0 unspecified atom stereocenters. The number of H-pyrrole nitrogens is 1. The van der Waals surface area contributed by atoms with E-state index in [1.807, 2.05) is 13.0 Å². The third-order valence-electron chi connectivity index (χ3n) is 2.86. The van der Waals surface area contributed by atoms with Crippen molar-refractivity contribution in [2.24, 2.45) is 5.73 Å². The van der Waals surface area contributed by atoms with Crippen molar-refractivity contribution in [3.05, 3.63) is 35.5 Å². The van der Waals surface area contributed by atoms with E-state index < -0.39 is 0 Å². The van der Waals surface area contributed by atoms with Crippen LogP contribution >= 0.6 is 11.8 Å². The van der Waals surface area contributed by atoms with Crippen LogP contribution in [0.4, 0.5) is 0 Å². The van der Waals surface area contributed by atoms with Crippen LogP contribution < -0.4 is 15.8 Å². The van der Waals surface area contributed by atoms with Crippen LogP contribution in [0.15, 0.2) is 29.4 Å². The second-order valence-electron chi connectivity index (χ2n) is 4.53. The number of hydrogen-bond donors (Lipinski definition) is 3. The van der Waals surface area contributed by atoms with Crippen LogP contribution in [0.25, 0.3) is 0 Å². The molecule has 7 nitrogen and oxygen atoms in total. The predicted molar refractivity (Wildman–Crippen MR) is 85.2 cm³/mol. The van der Waals surface area contributed by atoms with Gasteiger partial charge in [-0.15, -0.1) is 16.9 Å². The monoisotopic (exact) mass is 321 g/mol. The van der Waals surface area contributed by atoms with Crippen molar-refractivity contribution in [1.82, 2.24) is 20.7 Å². The summed E-state index contributed by atoms with van der Waals surface area (Å²) in [6, 6.07) is 5.39. The third-order valence-corrected chi connectivity index (χ3v) is 3.76. The molecule has 1 aromatic heterocycles. The molecule has 2 rings (SSSR count). The van der Waals surface area contributed by atoms with Crippen molar-refractivity contribution in [2.45, 2.75) is 11.9 Å². The lowest BCUT2D eigenvalue weighted by Gasteiger charge is -2.10. The van der Waals surface area contributed by atoms with E-state index in [1.54, 1.807) is 18.3 Å². The Morgan fingerprint density at radius 1 is 1.50 bits per heavy atom. The van der Waals surface area contributed by atoms with E-state index in [2.05, 4.69) is 20.7 Å². The van der Waals surface area contributed by atoms with E-state index in [4.69, 9.17) is 10.5 Å². The molecule has 0 saturated carbocycles. The summed E-state index contributed by atoms with van der Waals surface area (Å²) in [5.41, 5.74) is 6.98. The number of nitrogens with zero attached hydrogens (tertiary/aromatic N) is 2. The summed E-state index contributed by atoms with van der Waals surface area (Å²) in [5.74, 6) is 1.29. The fourth-order valence-electron chi connectivity index (χ4n) is 1.75. The highest BCUT2D eigenvalue weighted by Gasteiger charge is 2.08. The number of aryl methyl sites for hydroxylation is 1. The van der Waals surface area contributed by atoms with Gasteiger partial charge in [0, 0.05) is 24.4 Å². The van der Waals surface area contributed by atoms with Crippen molar-refractivity contribution in [1.29, 1.82) is 0 Å². The Morgan fingerprint density at radius 3 is 3.09 bits per heavy atom. The largest absolute Gasteiger partial charge is 0.492 e. The molecular formula is C14H19N5O2S. The van der Waals surface area contributed by atoms with Gasteiger partial charge in [0.1, 0.15) is 17.4 Å². The topological polar surface area (TPSA) is 106 Å². The van der Waals surface area contributed by atoms with Crippen molar-refractivity contribution in [3.63, 3.8) is 0 Å². The zero-order valence-corrected chi connectivity index (χ0v) is 13.2. The summed E-state index contributed by atoms with van der Waals surface area (Å²) in [5, 5.41) is 13.9. The Labute approximate surface area is 133 Å². The molecule has 0 aliphatic rings. The van der Waals surface area contributed by atoms with E-state index in [0.717, 1.165) is 16.3 Å². The van der Waals surface area contributed by atoms with E-state index in [0.29, 0.717) is 31.0 Å². The number of aromatic amines is 1. The number of carbonyl (C=O) groups excluding carboxylic acids is 1. The van der Waals surface area contributed by atoms with Gasteiger partial charge in [0.15, 0.2) is 0 Å². The molecule has 0 aliphatic carbocycles. The Balaban J connectivity index is 1.83. The number of aromatic nitrogens is 3. The second kappa shape index (κ2) is 8.40. The first kappa shape index (κ1) is 16.3. The van der Waals surface area contributed by atoms with Crippen LogP contribution in [0.2, 0.25) is 0 Å². The molecule has 0 bridgehead atoms. The van der Waals surface area contributed by atoms with E-state index in [1.165, 1.54) is 11.8 Å². The molecule has 0 spiro atoms. The molecule has 8 heteroatoms. The van der Waals surface area contributed by atoms with Crippen LogP contribution in [-0.4, -0.2) is 46.8 Å². The first-order chi connectivity index (χ1) is 10.7. The molecule has 1 heterocycles. The first-order valence-corrected chi connectivity index (χ1v) is 7.89. The number of amides is 1. The minimum atomic E-state index is -0.127. The maximum Gasteiger partial charge on any atom is 0.251 e. The fourth-order valence-corrected chi connectivity index (χ4v) is 2.39. The SMILES string of the molecule is Cc1ccc(C(=O)NCCSc2cn[nH]n2)cc1OCCN. The number of ether oxygens (including phenoxy) is 1. The summed E-state index contributed by atoms with van der Waals surface area (Å²) in [6.45, 7) is 3.35. The second-order valence-corrected chi connectivity index (χ2v) is 5.65. The zero-order valence-electron chi connectivity index (χ0n) is 12.3. The van der Waals surface area contributed by atoms with Crippen molar-refractivity contribution in [2.75, 3.05) is 25.4 Å². The maximum absolute atomic E-state index is 12.1. The summed E-state index contributed by atoms with van der Waals surface area (Å²) in [4.78, 5) is 12.1. The molecule has 0 atom stereocenters. The van der Waals surface area contributed by atoms with Gasteiger partial charge in [-0.2, -0.15) is 10.3 Å². The van der Waals surface area contributed by atoms with Gasteiger partial charge >= 0.3 is 0 Å². The van der Waals surface area contributed by atoms with Crippen LogP contribution in [0.1, 0.15) is 15.9 Å². The zero-order chi connectivity index (χ0) is 15.8. The molecule has 1 amide bonds. The van der Waals surface area contributed by atoms with E-state index in [9.17, 15) is 4.79 Å². The summed E-state index contributed by atoms with van der Waals surface area (Å²) >= 11 is 1.52. The van der Waals surface area contributed by atoms with Gasteiger partial charge < -0.3 is 15.8 Å². The fraction of sp³-hybridized carbons (Fsp3) is 0.357. The highest BCUT2D eigenvalue weighted by molar-refractivity contribution is 7.99. The molecule has 0 fully saturated rings. The van der Waals surface area contributed by atoms with E-state index >= 15 is 0 Å². The minimum absolute atomic E-state index is 0.127. The predicted octanol–water partition coefficient (Wildman–Crippen LogP) is 0.973. The maximum atomic E-state index is 12.1. The van der Waals surface area contributed by atoms with Crippen molar-refractivity contribution >= 4 is 17.7 Å². The Hall–Kier alpha value is -2.06. The van der Waals surface area contributed by atoms with Gasteiger partial charge in [-0.05, 0) is 24.6 Å². The molecule has 0 radical (unpaired) electrons. The summed E-state index contributed by atoms with van der Waals surface area (Å²) in [7, 11) is 0. The Kier molecular flexibility index (Phi) is 6.23. The highest BCUT2D eigenvalue weighted by atomic mass is 32.2. The van der Waals surface area contributed by atoms with Crippen LogP contribution in [-0.2, 0) is 0 Å². The molecule has 2 aromatic rings. The summed E-state index contributed by atoms with van der Waals surface area (Å²) < 4.78 is 5.52. The van der Waals surface area contributed by atoms with Crippen LogP contribution in [0, 0.1) is 6.92 Å². The van der Waals surface area contributed by atoms with E-state index in [-0.39, 0.29) is 5.91 Å². The number of hydrogen-bond acceptors (Lipinski definition) is 6. The summed E-state index contributed by atoms with van der Waals surface area (Å²) in [6.07, 6.45) is 1.65. The lowest BCUT2D eigenvalue weighted by molar-refractivity contribution is 0.0955. The van der Waals surface area contributed by atoms with Gasteiger partial charge in [0.2, 0.25) is 0 Å². The van der Waals surface area contributed by atoms with Crippen LogP contribution in [0.3, 0.4) is 0 Å². The molecule has 4 N–H and O–H groups in total. The lowest BCUT2D eigenvalue weighted by atomic mass is 10.1. The number of rotatable bonds is 8. The number of carbonyl (C=O) groups is 1. The number of nitrogens with two attached hydrogens (primary N) is 1. The lowest BCUT2D eigenvalue weighted by Crippen LogP contribution is -2.25. The minimum Gasteiger partial charge on any atom is -0.492 e. The number of benzene rings is 1. The quantitative estimate of drug-likeness (QED) is 0.494. The standard InChI is InChI=1S/C14H19N5O2S/c1-10-2-3-11(8-12(10)21-6-4-15)14(20)16-5-7-22-13-9-17-19-18-13/h2-3,8-9H,4-7,15H2,1H3,(H,16,20)(H,17,18,19). The van der Waals surface area contributed by atoms with Crippen molar-refractivity contribution < 1.29 is 9.53 Å². The molecule has 1 aromatic carbocycles. The van der Waals surface area contributed by atoms with Gasteiger partial charge in [-0.25, -0.2) is 0 Å². The Bertz CT molecular complexity index is 603. The third kappa shape index (κ3) is 4.74. The molecule has 0 saturated heterocycles. The molecule has 118 valence electrons. The normalized spacial score (nSPS) is 10.5. The van der Waals surface area contributed by atoms with Gasteiger partial charge in [-0.3, -0.25) is 4.79 Å². The average molecular weight is 321 g/mol. The number of nitrogens with one attached hydrogen (secondary N) is 2. The van der Waals surface area contributed by atoms with Crippen molar-refractivity contribution in [3.8, 4) is 5.75 Å². The molecule has 0 aliphatic heterocycles. The molecule has 22 heavy (non-hydrogen) atoms. The van der Waals surface area contributed by atoms with Gasteiger partial charge in [-0.1, -0.05) is 6.07 Å². The number of thioether (sulfide) groups is 1. The van der Waals surface area contributed by atoms with Gasteiger partial charge in [0.25, 0.3) is 5.91 Å². The molecular weight excluding hydrogens is 302 g/mol. The average Bonchev–Trinajstić information content (AvgIpc) is 3.04. The first-order valence-electron chi connectivity index (χ1n) is 6.91. The Morgan fingerprint density at radius 2 is 2.36 bits per heavy atom. The smallest absolute Gasteiger partial charge is 0.251 e.